The lowest BCUT2D eigenvalue weighted by Gasteiger charge is -2.14. The van der Waals surface area contributed by atoms with Gasteiger partial charge in [-0.3, -0.25) is 4.79 Å². The summed E-state index contributed by atoms with van der Waals surface area (Å²) in [5, 5.41) is 0. The van der Waals surface area contributed by atoms with Crippen molar-refractivity contribution in [1.82, 2.24) is 0 Å². The van der Waals surface area contributed by atoms with Crippen LogP contribution in [0.2, 0.25) is 0 Å². The Hall–Kier alpha value is -0.790. The molecule has 0 saturated heterocycles. The zero-order valence-corrected chi connectivity index (χ0v) is 22.3. The van der Waals surface area contributed by atoms with Crippen LogP contribution in [0.1, 0.15) is 162 Å². The Balaban J connectivity index is 3.29. The van der Waals surface area contributed by atoms with Crippen molar-refractivity contribution in [2.45, 2.75) is 162 Å². The van der Waals surface area contributed by atoms with Crippen molar-refractivity contribution < 1.29 is 9.53 Å². The van der Waals surface area contributed by atoms with E-state index < -0.39 is 0 Å². The van der Waals surface area contributed by atoms with Crippen molar-refractivity contribution >= 4 is 5.97 Å². The van der Waals surface area contributed by atoms with Gasteiger partial charge in [-0.2, -0.15) is 0 Å². The smallest absolute Gasteiger partial charge is 0.305 e. The van der Waals surface area contributed by atoms with Gasteiger partial charge in [0.15, 0.2) is 0 Å². The van der Waals surface area contributed by atoms with E-state index in [1.165, 1.54) is 122 Å². The van der Waals surface area contributed by atoms with E-state index in [4.69, 9.17) is 4.74 Å². The lowest BCUT2D eigenvalue weighted by Crippen LogP contribution is -2.13. The average Bonchev–Trinajstić information content (AvgIpc) is 2.80. The highest BCUT2D eigenvalue weighted by Crippen LogP contribution is 2.15. The van der Waals surface area contributed by atoms with E-state index in [1.807, 2.05) is 0 Å². The van der Waals surface area contributed by atoms with Gasteiger partial charge in [-0.15, -0.1) is 0 Å². The first kappa shape index (κ1) is 31.2. The zero-order valence-electron chi connectivity index (χ0n) is 22.3. The minimum absolute atomic E-state index is 0.0148. The Bertz CT molecular complexity index is 402. The molecule has 1 atom stereocenters. The summed E-state index contributed by atoms with van der Waals surface area (Å²) in [5.74, 6) is 0.570. The lowest BCUT2D eigenvalue weighted by atomic mass is 10.0. The Morgan fingerprint density at radius 1 is 0.625 bits per heavy atom. The quantitative estimate of drug-likeness (QED) is 0.0785. The third-order valence-corrected chi connectivity index (χ3v) is 6.67. The number of rotatable bonds is 25. The van der Waals surface area contributed by atoms with Gasteiger partial charge in [-0.25, -0.2) is 0 Å². The first-order chi connectivity index (χ1) is 15.7. The summed E-state index contributed by atoms with van der Waals surface area (Å²) < 4.78 is 5.49. The first-order valence-corrected chi connectivity index (χ1v) is 14.5. The summed E-state index contributed by atoms with van der Waals surface area (Å²) in [4.78, 5) is 11.9. The molecule has 0 spiro atoms. The Kier molecular flexibility index (Phi) is 25.8. The predicted octanol–water partition coefficient (Wildman–Crippen LogP) is 10.3. The van der Waals surface area contributed by atoms with E-state index >= 15 is 0 Å². The largest absolute Gasteiger partial charge is 0.465 e. The van der Waals surface area contributed by atoms with Gasteiger partial charge >= 0.3 is 5.97 Å². The highest BCUT2D eigenvalue weighted by atomic mass is 16.5. The molecule has 0 aliphatic carbocycles. The van der Waals surface area contributed by atoms with Crippen molar-refractivity contribution in [2.24, 2.45) is 5.92 Å². The van der Waals surface area contributed by atoms with Gasteiger partial charge in [-0.05, 0) is 44.4 Å². The van der Waals surface area contributed by atoms with Gasteiger partial charge in [-0.1, -0.05) is 129 Å². The highest BCUT2D eigenvalue weighted by Gasteiger charge is 2.09. The molecule has 0 saturated carbocycles. The fourth-order valence-electron chi connectivity index (χ4n) is 4.23. The summed E-state index contributed by atoms with van der Waals surface area (Å²) in [6.45, 7) is 7.33. The van der Waals surface area contributed by atoms with E-state index in [0.29, 0.717) is 18.9 Å². The van der Waals surface area contributed by atoms with Crippen LogP contribution in [0.15, 0.2) is 12.2 Å². The van der Waals surface area contributed by atoms with Crippen LogP contribution in [-0.2, 0) is 9.53 Å². The molecule has 0 aromatic rings. The molecule has 0 amide bonds. The maximum absolute atomic E-state index is 11.9. The molecule has 0 aromatic carbocycles. The Morgan fingerprint density at radius 3 is 1.59 bits per heavy atom. The summed E-state index contributed by atoms with van der Waals surface area (Å²) in [5.41, 5.74) is 0. The molecule has 0 N–H and O–H groups in total. The van der Waals surface area contributed by atoms with Crippen LogP contribution in [0.5, 0.6) is 0 Å². The number of carbonyl (C=O) groups excluding carboxylic acids is 1. The number of hydrogen-bond acceptors (Lipinski definition) is 2. The third kappa shape index (κ3) is 23.9. The Morgan fingerprint density at radius 2 is 1.09 bits per heavy atom. The van der Waals surface area contributed by atoms with E-state index in [2.05, 4.69) is 32.9 Å². The first-order valence-electron chi connectivity index (χ1n) is 14.5. The van der Waals surface area contributed by atoms with Crippen LogP contribution in [0.25, 0.3) is 0 Å². The van der Waals surface area contributed by atoms with Gasteiger partial charge < -0.3 is 4.74 Å². The standard InChI is InChI=1S/C30H58O2/c1-4-7-9-10-11-12-13-14-15-16-17-18-19-20-21-22-23-24-25-27-30(31)32-28-29(6-3)26-8-5-2/h14-15,29H,4-13,16-28H2,1-3H3. The van der Waals surface area contributed by atoms with Crippen LogP contribution < -0.4 is 0 Å². The van der Waals surface area contributed by atoms with E-state index in [-0.39, 0.29) is 5.97 Å². The van der Waals surface area contributed by atoms with Crippen LogP contribution in [0.4, 0.5) is 0 Å². The summed E-state index contributed by atoms with van der Waals surface area (Å²) in [7, 11) is 0. The van der Waals surface area contributed by atoms with Gasteiger partial charge in [0.25, 0.3) is 0 Å². The molecule has 190 valence electrons. The number of hydrogen-bond donors (Lipinski definition) is 0. The number of esters is 1. The number of unbranched alkanes of at least 4 members (excludes halogenated alkanes) is 16. The van der Waals surface area contributed by atoms with E-state index in [1.54, 1.807) is 0 Å². The minimum Gasteiger partial charge on any atom is -0.465 e. The average molecular weight is 451 g/mol. The highest BCUT2D eigenvalue weighted by molar-refractivity contribution is 5.69. The van der Waals surface area contributed by atoms with Gasteiger partial charge in [0.05, 0.1) is 6.61 Å². The SMILES string of the molecule is CCCCCCCCC=CCCCCCCCCCCCC(=O)OCC(CC)CCCC. The fraction of sp³-hybridized carbons (Fsp3) is 0.900. The topological polar surface area (TPSA) is 26.3 Å². The third-order valence-electron chi connectivity index (χ3n) is 6.67. The van der Waals surface area contributed by atoms with Crippen LogP contribution in [0.3, 0.4) is 0 Å². The van der Waals surface area contributed by atoms with Gasteiger partial charge in [0, 0.05) is 6.42 Å². The predicted molar refractivity (Wildman–Crippen MR) is 142 cm³/mol. The number of allylic oxidation sites excluding steroid dienone is 2. The molecular formula is C30H58O2. The van der Waals surface area contributed by atoms with Crippen LogP contribution in [0, 0.1) is 5.92 Å². The molecule has 0 aromatic heterocycles. The fourth-order valence-corrected chi connectivity index (χ4v) is 4.23. The number of carbonyl (C=O) groups is 1. The van der Waals surface area contributed by atoms with Crippen molar-refractivity contribution in [3.05, 3.63) is 12.2 Å². The lowest BCUT2D eigenvalue weighted by molar-refractivity contribution is -0.145. The van der Waals surface area contributed by atoms with Gasteiger partial charge in [0.2, 0.25) is 0 Å². The maximum atomic E-state index is 11.9. The van der Waals surface area contributed by atoms with Crippen LogP contribution >= 0.6 is 0 Å². The second kappa shape index (κ2) is 26.5. The maximum Gasteiger partial charge on any atom is 0.305 e. The molecule has 0 rings (SSSR count). The Labute approximate surface area is 202 Å². The van der Waals surface area contributed by atoms with Crippen molar-refractivity contribution in [3.63, 3.8) is 0 Å². The molecule has 0 heterocycles. The second-order valence-electron chi connectivity index (χ2n) is 9.85. The molecular weight excluding hydrogens is 392 g/mol. The molecule has 0 bridgehead atoms. The molecule has 2 heteroatoms. The summed E-state index contributed by atoms with van der Waals surface area (Å²) >= 11 is 0. The monoisotopic (exact) mass is 450 g/mol. The molecule has 0 aliphatic rings. The number of ether oxygens (including phenoxy) is 1. The van der Waals surface area contributed by atoms with E-state index in [0.717, 1.165) is 12.8 Å². The molecule has 0 aliphatic heterocycles. The molecule has 1 unspecified atom stereocenters. The van der Waals surface area contributed by atoms with Gasteiger partial charge in [0.1, 0.15) is 0 Å². The summed E-state index contributed by atoms with van der Waals surface area (Å²) in [6, 6.07) is 0. The minimum atomic E-state index is 0.0148. The van der Waals surface area contributed by atoms with E-state index in [9.17, 15) is 4.79 Å². The molecule has 0 radical (unpaired) electrons. The zero-order chi connectivity index (χ0) is 23.5. The van der Waals surface area contributed by atoms with Crippen molar-refractivity contribution in [3.8, 4) is 0 Å². The summed E-state index contributed by atoms with van der Waals surface area (Å²) in [6.07, 6.45) is 32.7. The molecule has 32 heavy (non-hydrogen) atoms. The van der Waals surface area contributed by atoms with Crippen molar-refractivity contribution in [2.75, 3.05) is 6.61 Å². The second-order valence-corrected chi connectivity index (χ2v) is 9.85. The normalized spacial score (nSPS) is 12.5. The van der Waals surface area contributed by atoms with Crippen LogP contribution in [-0.4, -0.2) is 12.6 Å². The molecule has 2 nitrogen and oxygen atoms in total. The molecule has 0 fully saturated rings. The van der Waals surface area contributed by atoms with Crippen molar-refractivity contribution in [1.29, 1.82) is 0 Å².